The summed E-state index contributed by atoms with van der Waals surface area (Å²) in [5, 5.41) is 5.74. The number of carbonyl (C=O) groups is 2. The van der Waals surface area contributed by atoms with E-state index in [1.807, 2.05) is 63.2 Å². The van der Waals surface area contributed by atoms with Crippen LogP contribution in [0, 0.1) is 0 Å². The van der Waals surface area contributed by atoms with Crippen LogP contribution in [0.1, 0.15) is 37.6 Å². The molecule has 3 rings (SSSR count). The molecule has 2 aromatic carbocycles. The average molecular weight is 369 g/mol. The standard InChI is InChI=1S/C20H23N3O2S/c1-4-13(3)21-20(25)22-14-10-11-18-16(12-14)23(5-2)19(24)15-8-6-7-9-17(15)26-18/h6-13H,4-5H2,1-3H3,(H2,21,22,25)/t13-/m1/s1. The average Bonchev–Trinajstić information content (AvgIpc) is 2.75. The van der Waals surface area contributed by atoms with Gasteiger partial charge in [-0.2, -0.15) is 0 Å². The normalized spacial score (nSPS) is 14.1. The van der Waals surface area contributed by atoms with Crippen molar-refractivity contribution in [3.63, 3.8) is 0 Å². The van der Waals surface area contributed by atoms with Gasteiger partial charge in [-0.15, -0.1) is 0 Å². The molecule has 0 saturated carbocycles. The maximum Gasteiger partial charge on any atom is 0.319 e. The zero-order chi connectivity index (χ0) is 18.7. The molecule has 0 bridgehead atoms. The summed E-state index contributed by atoms with van der Waals surface area (Å²) in [4.78, 5) is 28.8. The van der Waals surface area contributed by atoms with Gasteiger partial charge in [0.1, 0.15) is 0 Å². The van der Waals surface area contributed by atoms with E-state index in [0.717, 1.165) is 21.9 Å². The molecular weight excluding hydrogens is 346 g/mol. The van der Waals surface area contributed by atoms with E-state index in [0.29, 0.717) is 17.8 Å². The summed E-state index contributed by atoms with van der Waals surface area (Å²) in [6.07, 6.45) is 0.866. The lowest BCUT2D eigenvalue weighted by Crippen LogP contribution is -2.35. The number of nitrogens with zero attached hydrogens (tertiary/aromatic N) is 1. The third-order valence-electron chi connectivity index (χ3n) is 4.40. The van der Waals surface area contributed by atoms with Gasteiger partial charge in [0.15, 0.2) is 0 Å². The fourth-order valence-corrected chi connectivity index (χ4v) is 3.86. The van der Waals surface area contributed by atoms with E-state index < -0.39 is 0 Å². The molecule has 0 aromatic heterocycles. The number of nitrogens with one attached hydrogen (secondary N) is 2. The molecule has 0 aliphatic carbocycles. The molecule has 2 N–H and O–H groups in total. The summed E-state index contributed by atoms with van der Waals surface area (Å²) >= 11 is 1.58. The van der Waals surface area contributed by atoms with E-state index in [1.54, 1.807) is 16.7 Å². The molecular formula is C20H23N3O2S. The van der Waals surface area contributed by atoms with Crippen LogP contribution < -0.4 is 15.5 Å². The predicted octanol–water partition coefficient (Wildman–Crippen LogP) is 4.74. The number of rotatable bonds is 4. The molecule has 3 amide bonds. The number of amides is 3. The fourth-order valence-electron chi connectivity index (χ4n) is 2.80. The molecule has 0 unspecified atom stereocenters. The molecule has 1 aliphatic heterocycles. The first-order valence-electron chi connectivity index (χ1n) is 8.83. The van der Waals surface area contributed by atoms with E-state index >= 15 is 0 Å². The molecule has 26 heavy (non-hydrogen) atoms. The van der Waals surface area contributed by atoms with Crippen molar-refractivity contribution in [3.05, 3.63) is 48.0 Å². The van der Waals surface area contributed by atoms with E-state index in [1.165, 1.54) is 0 Å². The van der Waals surface area contributed by atoms with Crippen molar-refractivity contribution >= 4 is 35.1 Å². The molecule has 2 aromatic rings. The van der Waals surface area contributed by atoms with Gasteiger partial charge in [-0.1, -0.05) is 30.8 Å². The quantitative estimate of drug-likeness (QED) is 0.818. The lowest BCUT2D eigenvalue weighted by atomic mass is 10.1. The minimum absolute atomic E-state index is 0.0180. The summed E-state index contributed by atoms with van der Waals surface area (Å²) in [5.74, 6) is -0.0180. The van der Waals surface area contributed by atoms with Gasteiger partial charge in [0.05, 0.1) is 11.3 Å². The summed E-state index contributed by atoms with van der Waals surface area (Å²) in [6.45, 7) is 6.49. The van der Waals surface area contributed by atoms with Crippen LogP contribution in [-0.4, -0.2) is 24.5 Å². The van der Waals surface area contributed by atoms with Crippen LogP contribution in [0.3, 0.4) is 0 Å². The minimum atomic E-state index is -0.238. The second-order valence-electron chi connectivity index (χ2n) is 6.24. The smallest absolute Gasteiger partial charge is 0.319 e. The SMILES string of the molecule is CC[C@@H](C)NC(=O)Nc1ccc2c(c1)N(CC)C(=O)c1ccccc1S2. The van der Waals surface area contributed by atoms with E-state index in [9.17, 15) is 9.59 Å². The second kappa shape index (κ2) is 7.83. The first-order chi connectivity index (χ1) is 12.5. The van der Waals surface area contributed by atoms with E-state index in [4.69, 9.17) is 0 Å². The van der Waals surface area contributed by atoms with Crippen LogP contribution in [-0.2, 0) is 0 Å². The lowest BCUT2D eigenvalue weighted by molar-refractivity contribution is 0.0985. The van der Waals surface area contributed by atoms with Crippen molar-refractivity contribution in [1.29, 1.82) is 0 Å². The van der Waals surface area contributed by atoms with Crippen LogP contribution in [0.15, 0.2) is 52.3 Å². The first-order valence-corrected chi connectivity index (χ1v) is 9.65. The molecule has 1 aliphatic rings. The summed E-state index contributed by atoms with van der Waals surface area (Å²) in [6, 6.07) is 13.2. The number of benzene rings is 2. The molecule has 0 spiro atoms. The van der Waals surface area contributed by atoms with Gasteiger partial charge in [-0.25, -0.2) is 4.79 Å². The zero-order valence-corrected chi connectivity index (χ0v) is 16.0. The summed E-state index contributed by atoms with van der Waals surface area (Å²) in [7, 11) is 0. The molecule has 5 nitrogen and oxygen atoms in total. The van der Waals surface area contributed by atoms with Crippen molar-refractivity contribution in [2.24, 2.45) is 0 Å². The Morgan fingerprint density at radius 1 is 1.15 bits per heavy atom. The van der Waals surface area contributed by atoms with Gasteiger partial charge in [0, 0.05) is 28.1 Å². The Kier molecular flexibility index (Phi) is 5.52. The van der Waals surface area contributed by atoms with E-state index in [-0.39, 0.29) is 18.0 Å². The minimum Gasteiger partial charge on any atom is -0.335 e. The van der Waals surface area contributed by atoms with Crippen LogP contribution in [0.5, 0.6) is 0 Å². The number of carbonyl (C=O) groups excluding carboxylic acids is 2. The van der Waals surface area contributed by atoms with Crippen molar-refractivity contribution in [2.75, 3.05) is 16.8 Å². The molecule has 136 valence electrons. The number of anilines is 2. The van der Waals surface area contributed by atoms with Gasteiger partial charge in [0.25, 0.3) is 5.91 Å². The molecule has 0 radical (unpaired) electrons. The lowest BCUT2D eigenvalue weighted by Gasteiger charge is -2.22. The Morgan fingerprint density at radius 3 is 2.65 bits per heavy atom. The number of hydrogen-bond acceptors (Lipinski definition) is 3. The second-order valence-corrected chi connectivity index (χ2v) is 7.32. The number of fused-ring (bicyclic) bond motifs is 2. The highest BCUT2D eigenvalue weighted by atomic mass is 32.2. The van der Waals surface area contributed by atoms with E-state index in [2.05, 4.69) is 10.6 Å². The maximum atomic E-state index is 13.0. The third-order valence-corrected chi connectivity index (χ3v) is 5.54. The Labute approximate surface area is 158 Å². The molecule has 0 saturated heterocycles. The maximum absolute atomic E-state index is 13.0. The largest absolute Gasteiger partial charge is 0.335 e. The van der Waals surface area contributed by atoms with Gasteiger partial charge < -0.3 is 15.5 Å². The van der Waals surface area contributed by atoms with Crippen LogP contribution >= 0.6 is 11.8 Å². The molecule has 1 heterocycles. The monoisotopic (exact) mass is 369 g/mol. The van der Waals surface area contributed by atoms with Crippen LogP contribution in [0.4, 0.5) is 16.2 Å². The molecule has 1 atom stereocenters. The van der Waals surface area contributed by atoms with Crippen LogP contribution in [0.2, 0.25) is 0 Å². The Balaban J connectivity index is 1.92. The Bertz CT molecular complexity index is 838. The summed E-state index contributed by atoms with van der Waals surface area (Å²) in [5.41, 5.74) is 2.20. The van der Waals surface area contributed by atoms with Crippen molar-refractivity contribution in [3.8, 4) is 0 Å². The topological polar surface area (TPSA) is 61.4 Å². The summed E-state index contributed by atoms with van der Waals surface area (Å²) < 4.78 is 0. The molecule has 6 heteroatoms. The van der Waals surface area contributed by atoms with Crippen molar-refractivity contribution in [2.45, 2.75) is 43.0 Å². The predicted molar refractivity (Wildman–Crippen MR) is 106 cm³/mol. The third kappa shape index (κ3) is 3.70. The highest BCUT2D eigenvalue weighted by Crippen LogP contribution is 2.42. The van der Waals surface area contributed by atoms with Crippen LogP contribution in [0.25, 0.3) is 0 Å². The van der Waals surface area contributed by atoms with Crippen molar-refractivity contribution in [1.82, 2.24) is 5.32 Å². The zero-order valence-electron chi connectivity index (χ0n) is 15.2. The number of urea groups is 1. The number of hydrogen-bond donors (Lipinski definition) is 2. The van der Waals surface area contributed by atoms with Gasteiger partial charge in [-0.3, -0.25) is 4.79 Å². The highest BCUT2D eigenvalue weighted by Gasteiger charge is 2.26. The first kappa shape index (κ1) is 18.3. The van der Waals surface area contributed by atoms with Crippen molar-refractivity contribution < 1.29 is 9.59 Å². The Morgan fingerprint density at radius 2 is 1.92 bits per heavy atom. The highest BCUT2D eigenvalue weighted by molar-refractivity contribution is 7.99. The van der Waals surface area contributed by atoms with Gasteiger partial charge in [-0.05, 0) is 50.6 Å². The molecule has 0 fully saturated rings. The Hall–Kier alpha value is -2.47. The van der Waals surface area contributed by atoms with Gasteiger partial charge >= 0.3 is 6.03 Å². The van der Waals surface area contributed by atoms with Gasteiger partial charge in [0.2, 0.25) is 0 Å². The fraction of sp³-hybridized carbons (Fsp3) is 0.300.